The van der Waals surface area contributed by atoms with Crippen LogP contribution in [-0.2, 0) is 16.6 Å². The fraction of sp³-hybridized carbons (Fsp3) is 0.231. The highest BCUT2D eigenvalue weighted by atomic mass is 32.2. The van der Waals surface area contributed by atoms with Crippen molar-refractivity contribution in [3.8, 4) is 0 Å². The normalized spacial score (nSPS) is 11.6. The zero-order valence-electron chi connectivity index (χ0n) is 11.1. The first kappa shape index (κ1) is 15.0. The van der Waals surface area contributed by atoms with Gasteiger partial charge in [0.05, 0.1) is 10.6 Å². The van der Waals surface area contributed by atoms with Crippen molar-refractivity contribution in [2.45, 2.75) is 18.4 Å². The molecule has 0 atom stereocenters. The average Bonchev–Trinajstić information content (AvgIpc) is 2.83. The van der Waals surface area contributed by atoms with Crippen LogP contribution < -0.4 is 10.0 Å². The van der Waals surface area contributed by atoms with E-state index in [9.17, 15) is 12.8 Å². The fourth-order valence-electron chi connectivity index (χ4n) is 1.67. The summed E-state index contributed by atoms with van der Waals surface area (Å²) >= 11 is 1.34. The molecule has 0 aliphatic rings. The van der Waals surface area contributed by atoms with Crippen LogP contribution in [0.3, 0.4) is 0 Å². The van der Waals surface area contributed by atoms with E-state index in [2.05, 4.69) is 10.0 Å². The van der Waals surface area contributed by atoms with Crippen molar-refractivity contribution in [3.63, 3.8) is 0 Å². The van der Waals surface area contributed by atoms with E-state index in [0.717, 1.165) is 10.4 Å². The molecule has 1 aromatic carbocycles. The average molecular weight is 314 g/mol. The van der Waals surface area contributed by atoms with Crippen molar-refractivity contribution < 1.29 is 12.8 Å². The Balaban J connectivity index is 2.26. The predicted octanol–water partition coefficient (Wildman–Crippen LogP) is 2.72. The number of halogens is 1. The van der Waals surface area contributed by atoms with E-state index < -0.39 is 15.8 Å². The van der Waals surface area contributed by atoms with Crippen LogP contribution in [-0.4, -0.2) is 15.5 Å². The molecule has 0 spiro atoms. The molecular weight excluding hydrogens is 299 g/mol. The van der Waals surface area contributed by atoms with Gasteiger partial charge in [-0.2, -0.15) is 0 Å². The molecule has 0 radical (unpaired) electrons. The Morgan fingerprint density at radius 2 is 2.05 bits per heavy atom. The quantitative estimate of drug-likeness (QED) is 0.892. The van der Waals surface area contributed by atoms with E-state index in [-0.39, 0.29) is 10.6 Å². The molecule has 0 bridgehead atoms. The molecule has 0 aliphatic carbocycles. The first-order valence-corrected chi connectivity index (χ1v) is 8.29. The third-order valence-corrected chi connectivity index (χ3v) is 5.09. The van der Waals surface area contributed by atoms with E-state index in [1.54, 1.807) is 31.5 Å². The molecule has 0 saturated carbocycles. The lowest BCUT2D eigenvalue weighted by atomic mass is 10.2. The minimum atomic E-state index is -3.75. The summed E-state index contributed by atoms with van der Waals surface area (Å²) in [5.74, 6) is -0.584. The third-order valence-electron chi connectivity index (χ3n) is 2.66. The van der Waals surface area contributed by atoms with E-state index in [0.29, 0.717) is 6.54 Å². The molecule has 108 valence electrons. The van der Waals surface area contributed by atoms with Gasteiger partial charge in [-0.25, -0.2) is 12.8 Å². The van der Waals surface area contributed by atoms with Gasteiger partial charge in [0.2, 0.25) is 0 Å². The number of aryl methyl sites for hydroxylation is 1. The van der Waals surface area contributed by atoms with Crippen LogP contribution in [0.5, 0.6) is 0 Å². The van der Waals surface area contributed by atoms with Gasteiger partial charge in [0.15, 0.2) is 0 Å². The third kappa shape index (κ3) is 3.36. The summed E-state index contributed by atoms with van der Waals surface area (Å²) in [5, 5.41) is 4.49. The summed E-state index contributed by atoms with van der Waals surface area (Å²) in [4.78, 5) is 1.05. The Morgan fingerprint density at radius 1 is 1.30 bits per heavy atom. The summed E-state index contributed by atoms with van der Waals surface area (Å²) in [5.41, 5.74) is 0.689. The smallest absolute Gasteiger partial charge is 0.262 e. The molecule has 4 nitrogen and oxygen atoms in total. The van der Waals surface area contributed by atoms with Crippen molar-refractivity contribution in [1.82, 2.24) is 5.32 Å². The first-order valence-electron chi connectivity index (χ1n) is 5.93. The van der Waals surface area contributed by atoms with E-state index in [1.165, 1.54) is 23.5 Å². The summed E-state index contributed by atoms with van der Waals surface area (Å²) in [6, 6.07) is 5.94. The fourth-order valence-corrected chi connectivity index (χ4v) is 4.03. The van der Waals surface area contributed by atoms with Gasteiger partial charge in [-0.3, -0.25) is 4.72 Å². The minimum Gasteiger partial charge on any atom is -0.315 e. The number of rotatable bonds is 5. The molecule has 7 heteroatoms. The summed E-state index contributed by atoms with van der Waals surface area (Å²) < 4.78 is 40.3. The predicted molar refractivity (Wildman–Crippen MR) is 79.0 cm³/mol. The maximum absolute atomic E-state index is 13.7. The summed E-state index contributed by atoms with van der Waals surface area (Å²) in [6.45, 7) is 2.34. The first-order chi connectivity index (χ1) is 9.42. The molecule has 1 aromatic heterocycles. The van der Waals surface area contributed by atoms with Crippen molar-refractivity contribution >= 4 is 27.0 Å². The number of benzene rings is 1. The van der Waals surface area contributed by atoms with Crippen molar-refractivity contribution in [1.29, 1.82) is 0 Å². The molecule has 2 rings (SSSR count). The minimum absolute atomic E-state index is 0.0445. The molecule has 0 saturated heterocycles. The number of anilines is 1. The van der Waals surface area contributed by atoms with Gasteiger partial charge in [0.25, 0.3) is 10.0 Å². The van der Waals surface area contributed by atoms with Gasteiger partial charge in [0.1, 0.15) is 5.82 Å². The molecule has 1 heterocycles. The van der Waals surface area contributed by atoms with Crippen LogP contribution in [0.15, 0.2) is 34.5 Å². The maximum atomic E-state index is 13.7. The lowest BCUT2D eigenvalue weighted by Gasteiger charge is -2.08. The Bertz CT molecular complexity index is 711. The van der Waals surface area contributed by atoms with Crippen LogP contribution in [0.4, 0.5) is 10.1 Å². The van der Waals surface area contributed by atoms with Crippen LogP contribution in [0.2, 0.25) is 0 Å². The van der Waals surface area contributed by atoms with Crippen molar-refractivity contribution in [3.05, 3.63) is 45.9 Å². The highest BCUT2D eigenvalue weighted by molar-refractivity contribution is 7.92. The van der Waals surface area contributed by atoms with Gasteiger partial charge in [-0.05, 0) is 37.7 Å². The Morgan fingerprint density at radius 3 is 2.70 bits per heavy atom. The number of nitrogens with one attached hydrogen (secondary N) is 2. The largest absolute Gasteiger partial charge is 0.315 e. The van der Waals surface area contributed by atoms with Gasteiger partial charge >= 0.3 is 0 Å². The Hall–Kier alpha value is -1.44. The van der Waals surface area contributed by atoms with Crippen molar-refractivity contribution in [2.75, 3.05) is 11.8 Å². The molecule has 0 unspecified atom stereocenters. The Kier molecular flexibility index (Phi) is 4.42. The van der Waals surface area contributed by atoms with Gasteiger partial charge < -0.3 is 5.32 Å². The summed E-state index contributed by atoms with van der Waals surface area (Å²) in [6.07, 6.45) is 0. The topological polar surface area (TPSA) is 58.2 Å². The highest BCUT2D eigenvalue weighted by Crippen LogP contribution is 2.23. The monoisotopic (exact) mass is 314 g/mol. The lowest BCUT2D eigenvalue weighted by Crippen LogP contribution is -2.13. The van der Waals surface area contributed by atoms with Crippen LogP contribution in [0, 0.1) is 12.7 Å². The highest BCUT2D eigenvalue weighted by Gasteiger charge is 2.18. The van der Waals surface area contributed by atoms with E-state index in [4.69, 9.17) is 0 Å². The second-order valence-electron chi connectivity index (χ2n) is 4.37. The molecule has 20 heavy (non-hydrogen) atoms. The zero-order valence-corrected chi connectivity index (χ0v) is 12.7. The van der Waals surface area contributed by atoms with E-state index >= 15 is 0 Å². The zero-order chi connectivity index (χ0) is 14.8. The van der Waals surface area contributed by atoms with Crippen molar-refractivity contribution in [2.24, 2.45) is 0 Å². The standard InChI is InChI=1S/C13H15FN2O2S2/c1-9-3-4-13(12(14)5-9)16-20(17,18)11-6-10(7-15-2)19-8-11/h3-6,8,15-16H,7H2,1-2H3. The molecule has 0 fully saturated rings. The SMILES string of the molecule is CNCc1cc(S(=O)(=O)Nc2ccc(C)cc2F)cs1. The number of sulfonamides is 1. The summed E-state index contributed by atoms with van der Waals surface area (Å²) in [7, 11) is -1.97. The van der Waals surface area contributed by atoms with E-state index in [1.807, 2.05) is 0 Å². The van der Waals surface area contributed by atoms with Gasteiger partial charge in [0, 0.05) is 16.8 Å². The molecule has 2 aromatic rings. The maximum Gasteiger partial charge on any atom is 0.262 e. The van der Waals surface area contributed by atoms with Gasteiger partial charge in [-0.15, -0.1) is 11.3 Å². The lowest BCUT2D eigenvalue weighted by molar-refractivity contribution is 0.598. The van der Waals surface area contributed by atoms with Gasteiger partial charge in [-0.1, -0.05) is 6.07 Å². The molecular formula is C13H15FN2O2S2. The molecule has 0 amide bonds. The second kappa shape index (κ2) is 5.90. The Labute approximate surface area is 121 Å². The number of hydrogen-bond donors (Lipinski definition) is 2. The number of thiophene rings is 1. The van der Waals surface area contributed by atoms with Crippen LogP contribution >= 0.6 is 11.3 Å². The molecule has 2 N–H and O–H groups in total. The second-order valence-corrected chi connectivity index (χ2v) is 7.05. The number of hydrogen-bond acceptors (Lipinski definition) is 4. The van der Waals surface area contributed by atoms with Crippen LogP contribution in [0.25, 0.3) is 0 Å². The molecule has 0 aliphatic heterocycles. The van der Waals surface area contributed by atoms with Crippen LogP contribution in [0.1, 0.15) is 10.4 Å².